The third kappa shape index (κ3) is 6.30. The van der Waals surface area contributed by atoms with Crippen LogP contribution in [0.25, 0.3) is 139 Å². The van der Waals surface area contributed by atoms with Crippen LogP contribution in [-0.2, 0) is 0 Å². The zero-order valence-electron chi connectivity index (χ0n) is 37.0. The highest BCUT2D eigenvalue weighted by atomic mass is 16.3. The number of hydrogen-bond acceptors (Lipinski definition) is 5. The van der Waals surface area contributed by atoms with Crippen LogP contribution in [0.4, 0.5) is 0 Å². The van der Waals surface area contributed by atoms with Gasteiger partial charge in [0.05, 0.1) is 22.3 Å². The summed E-state index contributed by atoms with van der Waals surface area (Å²) in [5.74, 6) is 1.57. The van der Waals surface area contributed by atoms with Gasteiger partial charge >= 0.3 is 0 Å². The molecular formula is C63H38N4O2. The largest absolute Gasteiger partial charge is 0.456 e. The van der Waals surface area contributed by atoms with Crippen molar-refractivity contribution in [1.29, 1.82) is 0 Å². The van der Waals surface area contributed by atoms with Gasteiger partial charge in [0.2, 0.25) is 0 Å². The number of fused-ring (bicyclic) bond motifs is 9. The maximum absolute atomic E-state index is 6.64. The molecule has 0 saturated carbocycles. The Labute approximate surface area is 396 Å². The Hall–Kier alpha value is -9.39. The van der Waals surface area contributed by atoms with E-state index in [4.69, 9.17) is 23.8 Å². The predicted molar refractivity (Wildman–Crippen MR) is 281 cm³/mol. The van der Waals surface area contributed by atoms with Gasteiger partial charge in [-0.15, -0.1) is 0 Å². The lowest BCUT2D eigenvalue weighted by Gasteiger charge is -2.21. The number of hydrogen-bond donors (Lipinski definition) is 0. The first-order valence-electron chi connectivity index (χ1n) is 23.2. The van der Waals surface area contributed by atoms with Crippen LogP contribution >= 0.6 is 0 Å². The van der Waals surface area contributed by atoms with Crippen LogP contribution in [0.3, 0.4) is 0 Å². The minimum Gasteiger partial charge on any atom is -0.456 e. The lowest BCUT2D eigenvalue weighted by atomic mass is 9.92. The summed E-state index contributed by atoms with van der Waals surface area (Å²) in [6, 6.07) is 80.6. The van der Waals surface area contributed by atoms with Gasteiger partial charge < -0.3 is 13.4 Å². The summed E-state index contributed by atoms with van der Waals surface area (Å²) in [7, 11) is 0. The molecule has 14 rings (SSSR count). The lowest BCUT2D eigenvalue weighted by Crippen LogP contribution is -2.04. The Morgan fingerprint density at radius 2 is 0.812 bits per heavy atom. The van der Waals surface area contributed by atoms with E-state index < -0.39 is 0 Å². The molecule has 0 radical (unpaired) electrons. The summed E-state index contributed by atoms with van der Waals surface area (Å²) in [4.78, 5) is 16.2. The van der Waals surface area contributed by atoms with Crippen LogP contribution in [0.5, 0.6) is 0 Å². The molecule has 4 heterocycles. The summed E-state index contributed by atoms with van der Waals surface area (Å²) < 4.78 is 15.5. The van der Waals surface area contributed by atoms with Gasteiger partial charge in [-0.2, -0.15) is 0 Å². The van der Waals surface area contributed by atoms with Crippen molar-refractivity contribution in [3.05, 3.63) is 231 Å². The second kappa shape index (κ2) is 15.6. The van der Waals surface area contributed by atoms with Gasteiger partial charge in [0.1, 0.15) is 22.3 Å². The summed E-state index contributed by atoms with van der Waals surface area (Å²) in [6.45, 7) is 0. The fourth-order valence-electron chi connectivity index (χ4n) is 10.3. The maximum Gasteiger partial charge on any atom is 0.167 e. The summed E-state index contributed by atoms with van der Waals surface area (Å²) in [5, 5.41) is 6.34. The van der Waals surface area contributed by atoms with Crippen LogP contribution in [0.1, 0.15) is 0 Å². The molecule has 0 spiro atoms. The third-order valence-electron chi connectivity index (χ3n) is 13.5. The van der Waals surface area contributed by atoms with Gasteiger partial charge in [-0.3, -0.25) is 0 Å². The summed E-state index contributed by atoms with van der Waals surface area (Å²) in [5.41, 5.74) is 15.4. The molecule has 14 aromatic rings. The average Bonchev–Trinajstić information content (AvgIpc) is 4.11. The molecule has 0 fully saturated rings. The Bertz CT molecular complexity index is 4240. The van der Waals surface area contributed by atoms with Crippen LogP contribution < -0.4 is 0 Å². The molecule has 6 heteroatoms. The second-order valence-electron chi connectivity index (χ2n) is 17.5. The van der Waals surface area contributed by atoms with Gasteiger partial charge in [-0.1, -0.05) is 176 Å². The van der Waals surface area contributed by atoms with E-state index >= 15 is 0 Å². The molecule has 322 valence electrons. The number of benzene rings is 10. The first-order chi connectivity index (χ1) is 34.2. The van der Waals surface area contributed by atoms with Crippen LogP contribution in [0, 0.1) is 0 Å². The van der Waals surface area contributed by atoms with Crippen molar-refractivity contribution in [3.63, 3.8) is 0 Å². The predicted octanol–water partition coefficient (Wildman–Crippen LogP) is 16.8. The molecule has 0 saturated heterocycles. The fraction of sp³-hybridized carbons (Fsp3) is 0. The van der Waals surface area contributed by atoms with Gasteiger partial charge in [0.25, 0.3) is 0 Å². The molecule has 0 aliphatic heterocycles. The second-order valence-corrected chi connectivity index (χ2v) is 17.5. The molecule has 69 heavy (non-hydrogen) atoms. The Morgan fingerprint density at radius 3 is 1.54 bits per heavy atom. The van der Waals surface area contributed by atoms with E-state index in [-0.39, 0.29) is 0 Å². The molecular weight excluding hydrogens is 845 g/mol. The molecule has 0 aliphatic rings. The highest BCUT2D eigenvalue weighted by Crippen LogP contribution is 2.45. The van der Waals surface area contributed by atoms with Crippen molar-refractivity contribution >= 4 is 65.7 Å². The molecule has 10 aromatic carbocycles. The lowest BCUT2D eigenvalue weighted by molar-refractivity contribution is 0.668. The first-order valence-corrected chi connectivity index (χ1v) is 23.2. The Balaban J connectivity index is 1.08. The molecule has 0 bridgehead atoms. The van der Waals surface area contributed by atoms with E-state index in [1.807, 2.05) is 54.6 Å². The summed E-state index contributed by atoms with van der Waals surface area (Å²) >= 11 is 0. The van der Waals surface area contributed by atoms with E-state index in [1.165, 1.54) is 21.9 Å². The molecule has 0 amide bonds. The summed E-state index contributed by atoms with van der Waals surface area (Å²) in [6.07, 6.45) is 0. The Kier molecular flexibility index (Phi) is 8.79. The monoisotopic (exact) mass is 882 g/mol. The fourth-order valence-corrected chi connectivity index (χ4v) is 10.3. The van der Waals surface area contributed by atoms with E-state index in [0.29, 0.717) is 17.5 Å². The van der Waals surface area contributed by atoms with E-state index in [1.54, 1.807) is 0 Å². The highest BCUT2D eigenvalue weighted by molar-refractivity contribution is 6.14. The zero-order chi connectivity index (χ0) is 45.4. The minimum atomic E-state index is 0.507. The molecule has 0 unspecified atom stereocenters. The SMILES string of the molecule is c1ccc(-c2ccc3c(c2)c2ccccc2n3-c2c(-c3ccccc3)cc(-c3nc(-c4cccc5c4oc4ccccc45)nc(-c4cccc5oc6ccccc6c45)n3)cc2-c2ccccc2)cc1. The third-order valence-corrected chi connectivity index (χ3v) is 13.5. The number of rotatable bonds is 7. The standard InChI is InChI=1S/C63H38N4O2/c1-4-18-39(19-5-1)42-34-35-54-52(36-42)44-24-10-13-30-53(44)67(54)59-50(40-20-6-2-7-21-40)37-43(38-51(59)41-22-8-3-9-23-41)61-64-62(48-28-17-33-57-58(48)47-26-12-15-32-56(47)68-57)66-63(65-61)49-29-16-27-46-45-25-11-14-31-55(45)69-60(46)49/h1-38H. The van der Waals surface area contributed by atoms with E-state index in [2.05, 4.69) is 180 Å². The maximum atomic E-state index is 6.64. The van der Waals surface area contributed by atoms with Gasteiger partial charge in [0.15, 0.2) is 17.5 Å². The van der Waals surface area contributed by atoms with E-state index in [0.717, 1.165) is 99.5 Å². The van der Waals surface area contributed by atoms with Gasteiger partial charge in [-0.25, -0.2) is 15.0 Å². The number of furan rings is 2. The number of para-hydroxylation sites is 4. The van der Waals surface area contributed by atoms with Crippen LogP contribution in [0.15, 0.2) is 239 Å². The van der Waals surface area contributed by atoms with Crippen LogP contribution in [-0.4, -0.2) is 19.5 Å². The number of nitrogens with zero attached hydrogens (tertiary/aromatic N) is 4. The molecule has 0 aliphatic carbocycles. The highest BCUT2D eigenvalue weighted by Gasteiger charge is 2.25. The molecule has 6 nitrogen and oxygen atoms in total. The van der Waals surface area contributed by atoms with E-state index in [9.17, 15) is 0 Å². The average molecular weight is 883 g/mol. The van der Waals surface area contributed by atoms with Gasteiger partial charge in [-0.05, 0) is 76.9 Å². The molecule has 0 N–H and O–H groups in total. The van der Waals surface area contributed by atoms with Crippen LogP contribution in [0.2, 0.25) is 0 Å². The van der Waals surface area contributed by atoms with Crippen molar-refractivity contribution in [2.45, 2.75) is 0 Å². The van der Waals surface area contributed by atoms with Crippen molar-refractivity contribution in [3.8, 4) is 73.2 Å². The Morgan fingerprint density at radius 1 is 0.290 bits per heavy atom. The quantitative estimate of drug-likeness (QED) is 0.159. The molecule has 4 aromatic heterocycles. The minimum absolute atomic E-state index is 0.507. The number of aromatic nitrogens is 4. The smallest absolute Gasteiger partial charge is 0.167 e. The van der Waals surface area contributed by atoms with Crippen molar-refractivity contribution < 1.29 is 8.83 Å². The van der Waals surface area contributed by atoms with Crippen molar-refractivity contribution in [2.24, 2.45) is 0 Å². The van der Waals surface area contributed by atoms with Crippen molar-refractivity contribution in [2.75, 3.05) is 0 Å². The molecule has 0 atom stereocenters. The topological polar surface area (TPSA) is 69.9 Å². The van der Waals surface area contributed by atoms with Gasteiger partial charge in [0, 0.05) is 54.6 Å². The first kappa shape index (κ1) is 38.8. The zero-order valence-corrected chi connectivity index (χ0v) is 37.0. The normalized spacial score (nSPS) is 11.8. The van der Waals surface area contributed by atoms with Crippen molar-refractivity contribution in [1.82, 2.24) is 19.5 Å².